The number of aromatic amines is 1. The molecule has 3 heterocycles. The zero-order valence-corrected chi connectivity index (χ0v) is 14.1. The number of nitrogens with one attached hydrogen (secondary N) is 1. The molecule has 1 aliphatic heterocycles. The Hall–Kier alpha value is -2.18. The van der Waals surface area contributed by atoms with Crippen molar-refractivity contribution in [2.24, 2.45) is 0 Å². The molecule has 0 atom stereocenters. The highest BCUT2D eigenvalue weighted by Crippen LogP contribution is 2.34. The molecule has 0 saturated carbocycles. The molecule has 0 spiro atoms. The smallest absolute Gasteiger partial charge is 0.335 e. The second-order valence-corrected chi connectivity index (χ2v) is 7.26. The second-order valence-electron chi connectivity index (χ2n) is 6.29. The van der Waals surface area contributed by atoms with Gasteiger partial charge in [-0.05, 0) is 55.6 Å². The number of piperidine rings is 1. The number of thiazole rings is 1. The highest BCUT2D eigenvalue weighted by Gasteiger charge is 2.23. The Balaban J connectivity index is 1.50. The molecule has 0 bridgehead atoms. The van der Waals surface area contributed by atoms with Crippen molar-refractivity contribution >= 4 is 28.2 Å². The first-order valence-corrected chi connectivity index (χ1v) is 9.04. The molecule has 0 unspecified atom stereocenters. The first-order chi connectivity index (χ1) is 11.7. The van der Waals surface area contributed by atoms with Crippen LogP contribution in [0.3, 0.4) is 0 Å². The lowest BCUT2D eigenvalue weighted by Gasteiger charge is -2.31. The average molecular weight is 341 g/mol. The standard InChI is InChI=1S/C18H19N3O2S/c22-18(23)13-1-2-16-14(9-13)15(10-20-16)12-3-6-21(7-4-12)11-17-19-5-8-24-17/h1-2,5,8-10,12,20H,3-4,6-7,11H2,(H,22,23). The van der Waals surface area contributed by atoms with Gasteiger partial charge in [0.05, 0.1) is 12.1 Å². The van der Waals surface area contributed by atoms with Gasteiger partial charge in [-0.1, -0.05) is 0 Å². The minimum atomic E-state index is -0.873. The van der Waals surface area contributed by atoms with Crippen molar-refractivity contribution in [2.75, 3.05) is 13.1 Å². The number of hydrogen-bond acceptors (Lipinski definition) is 4. The number of aromatic carboxylic acids is 1. The summed E-state index contributed by atoms with van der Waals surface area (Å²) in [6.07, 6.45) is 6.10. The summed E-state index contributed by atoms with van der Waals surface area (Å²) in [5, 5.41) is 13.5. The normalized spacial score (nSPS) is 16.7. The summed E-state index contributed by atoms with van der Waals surface area (Å²) < 4.78 is 0. The molecule has 0 radical (unpaired) electrons. The molecule has 5 nitrogen and oxygen atoms in total. The summed E-state index contributed by atoms with van der Waals surface area (Å²) in [7, 11) is 0. The largest absolute Gasteiger partial charge is 0.478 e. The van der Waals surface area contributed by atoms with Gasteiger partial charge >= 0.3 is 5.97 Å². The molecule has 1 saturated heterocycles. The highest BCUT2D eigenvalue weighted by molar-refractivity contribution is 7.09. The number of aromatic nitrogens is 2. The van der Waals surface area contributed by atoms with Crippen molar-refractivity contribution in [3.05, 3.63) is 52.1 Å². The number of fused-ring (bicyclic) bond motifs is 1. The molecule has 4 rings (SSSR count). The van der Waals surface area contributed by atoms with E-state index in [1.54, 1.807) is 23.5 Å². The van der Waals surface area contributed by atoms with Crippen molar-refractivity contribution < 1.29 is 9.90 Å². The van der Waals surface area contributed by atoms with Gasteiger partial charge in [-0.3, -0.25) is 4.90 Å². The van der Waals surface area contributed by atoms with Gasteiger partial charge in [-0.2, -0.15) is 0 Å². The fraction of sp³-hybridized carbons (Fsp3) is 0.333. The van der Waals surface area contributed by atoms with E-state index in [-0.39, 0.29) is 0 Å². The molecular weight excluding hydrogens is 322 g/mol. The Morgan fingerprint density at radius 1 is 1.38 bits per heavy atom. The van der Waals surface area contributed by atoms with E-state index in [4.69, 9.17) is 0 Å². The lowest BCUT2D eigenvalue weighted by Crippen LogP contribution is -2.32. The second kappa shape index (κ2) is 6.37. The summed E-state index contributed by atoms with van der Waals surface area (Å²) in [6, 6.07) is 5.31. The van der Waals surface area contributed by atoms with Crippen LogP contribution in [0, 0.1) is 0 Å². The van der Waals surface area contributed by atoms with Crippen molar-refractivity contribution in [3.63, 3.8) is 0 Å². The highest BCUT2D eigenvalue weighted by atomic mass is 32.1. The van der Waals surface area contributed by atoms with Gasteiger partial charge in [-0.15, -0.1) is 11.3 Å². The number of hydrogen-bond donors (Lipinski definition) is 2. The number of nitrogens with zero attached hydrogens (tertiary/aromatic N) is 2. The molecule has 0 amide bonds. The minimum absolute atomic E-state index is 0.351. The van der Waals surface area contributed by atoms with Gasteiger partial charge in [0.2, 0.25) is 0 Å². The summed E-state index contributed by atoms with van der Waals surface area (Å²) in [4.78, 5) is 21.3. The van der Waals surface area contributed by atoms with E-state index in [9.17, 15) is 9.90 Å². The van der Waals surface area contributed by atoms with Crippen molar-refractivity contribution in [1.82, 2.24) is 14.9 Å². The van der Waals surface area contributed by atoms with Crippen LogP contribution in [-0.4, -0.2) is 39.0 Å². The Morgan fingerprint density at radius 3 is 2.92 bits per heavy atom. The summed E-state index contributed by atoms with van der Waals surface area (Å²) in [5.74, 6) is -0.391. The van der Waals surface area contributed by atoms with Crippen LogP contribution in [-0.2, 0) is 6.54 Å². The average Bonchev–Trinajstić information content (AvgIpc) is 3.24. The number of carboxylic acids is 1. The zero-order chi connectivity index (χ0) is 16.5. The third-order valence-corrected chi connectivity index (χ3v) is 5.59. The summed E-state index contributed by atoms with van der Waals surface area (Å²) in [5.41, 5.74) is 2.62. The zero-order valence-electron chi connectivity index (χ0n) is 13.2. The third-order valence-electron chi connectivity index (χ3n) is 4.83. The van der Waals surface area contributed by atoms with E-state index in [0.29, 0.717) is 11.5 Å². The maximum absolute atomic E-state index is 11.2. The molecule has 2 N–H and O–H groups in total. The number of H-pyrrole nitrogens is 1. The predicted octanol–water partition coefficient (Wildman–Crippen LogP) is 3.70. The molecule has 24 heavy (non-hydrogen) atoms. The number of likely N-dealkylation sites (tertiary alicyclic amines) is 1. The Morgan fingerprint density at radius 2 is 2.21 bits per heavy atom. The lowest BCUT2D eigenvalue weighted by atomic mass is 9.89. The molecule has 1 aromatic carbocycles. The first-order valence-electron chi connectivity index (χ1n) is 8.16. The van der Waals surface area contributed by atoms with Crippen molar-refractivity contribution in [3.8, 4) is 0 Å². The van der Waals surface area contributed by atoms with Crippen molar-refractivity contribution in [2.45, 2.75) is 25.3 Å². The number of benzene rings is 1. The molecule has 1 fully saturated rings. The number of carbonyl (C=O) groups is 1. The van der Waals surface area contributed by atoms with Crippen LogP contribution in [0.25, 0.3) is 10.9 Å². The summed E-state index contributed by atoms with van der Waals surface area (Å²) >= 11 is 1.71. The van der Waals surface area contributed by atoms with Crippen LogP contribution < -0.4 is 0 Å². The molecule has 0 aliphatic carbocycles. The minimum Gasteiger partial charge on any atom is -0.478 e. The van der Waals surface area contributed by atoms with Gasteiger partial charge in [0.25, 0.3) is 0 Å². The Kier molecular flexibility index (Phi) is 4.08. The van der Waals surface area contributed by atoms with Gasteiger partial charge in [-0.25, -0.2) is 9.78 Å². The lowest BCUT2D eigenvalue weighted by molar-refractivity contribution is 0.0697. The van der Waals surface area contributed by atoms with E-state index in [2.05, 4.69) is 21.1 Å². The third kappa shape index (κ3) is 2.95. The van der Waals surface area contributed by atoms with E-state index in [0.717, 1.165) is 43.4 Å². The maximum atomic E-state index is 11.2. The predicted molar refractivity (Wildman–Crippen MR) is 94.6 cm³/mol. The van der Waals surface area contributed by atoms with E-state index in [1.807, 2.05) is 17.6 Å². The molecule has 3 aromatic rings. The topological polar surface area (TPSA) is 69.2 Å². The molecule has 6 heteroatoms. The molecular formula is C18H19N3O2S. The Labute approximate surface area is 144 Å². The van der Waals surface area contributed by atoms with Crippen LogP contribution in [0.15, 0.2) is 36.0 Å². The quantitative estimate of drug-likeness (QED) is 0.759. The fourth-order valence-corrected chi connectivity index (χ4v) is 4.20. The van der Waals surface area contributed by atoms with Crippen LogP contribution in [0.5, 0.6) is 0 Å². The van der Waals surface area contributed by atoms with Gasteiger partial charge in [0.15, 0.2) is 0 Å². The Bertz CT molecular complexity index is 848. The van der Waals surface area contributed by atoms with Crippen LogP contribution in [0.1, 0.15) is 39.7 Å². The van der Waals surface area contributed by atoms with E-state index < -0.39 is 5.97 Å². The van der Waals surface area contributed by atoms with Gasteiger partial charge < -0.3 is 10.1 Å². The molecule has 2 aromatic heterocycles. The van der Waals surface area contributed by atoms with Gasteiger partial charge in [0, 0.05) is 28.7 Å². The number of carboxylic acid groups (broad SMARTS) is 1. The van der Waals surface area contributed by atoms with Crippen molar-refractivity contribution in [1.29, 1.82) is 0 Å². The van der Waals surface area contributed by atoms with Gasteiger partial charge in [0.1, 0.15) is 5.01 Å². The number of rotatable bonds is 4. The summed E-state index contributed by atoms with van der Waals surface area (Å²) in [6.45, 7) is 3.03. The molecule has 124 valence electrons. The van der Waals surface area contributed by atoms with E-state index >= 15 is 0 Å². The van der Waals surface area contributed by atoms with E-state index in [1.165, 1.54) is 10.6 Å². The monoisotopic (exact) mass is 341 g/mol. The SMILES string of the molecule is O=C(O)c1ccc2[nH]cc(C3CCN(Cc4nccs4)CC3)c2c1. The molecule has 1 aliphatic rings. The first kappa shape index (κ1) is 15.4. The maximum Gasteiger partial charge on any atom is 0.335 e. The fourth-order valence-electron chi connectivity index (χ4n) is 3.54. The van der Waals surface area contributed by atoms with Crippen LogP contribution >= 0.6 is 11.3 Å². The van der Waals surface area contributed by atoms with Crippen LogP contribution in [0.4, 0.5) is 0 Å². The van der Waals surface area contributed by atoms with Crippen LogP contribution in [0.2, 0.25) is 0 Å².